The van der Waals surface area contributed by atoms with Crippen LogP contribution in [-0.4, -0.2) is 5.11 Å². The first-order valence-corrected chi connectivity index (χ1v) is 4.78. The smallest absolute Gasteiger partial charge is 0.139 e. The number of hydrogen-bond donors (Lipinski definition) is 2. The van der Waals surface area contributed by atoms with E-state index in [1.807, 2.05) is 37.3 Å². The standard InChI is InChI=1S/C13H15NO/c1-3-7-11(8-4-2)14-12-9-5-6-10-13(12)15/h3-10,14-15H,1H2,2H3/b8-4-,11-7+. The van der Waals surface area contributed by atoms with Crippen molar-refractivity contribution in [2.24, 2.45) is 0 Å². The summed E-state index contributed by atoms with van der Waals surface area (Å²) in [5.74, 6) is 0.233. The summed E-state index contributed by atoms with van der Waals surface area (Å²) >= 11 is 0. The molecule has 0 bridgehead atoms. The van der Waals surface area contributed by atoms with Crippen molar-refractivity contribution in [1.82, 2.24) is 0 Å². The molecule has 0 aliphatic rings. The Labute approximate surface area is 90.3 Å². The number of hydrogen-bond acceptors (Lipinski definition) is 2. The third kappa shape index (κ3) is 3.35. The zero-order valence-electron chi connectivity index (χ0n) is 8.77. The van der Waals surface area contributed by atoms with Gasteiger partial charge in [-0.15, -0.1) is 0 Å². The molecule has 1 rings (SSSR count). The molecule has 2 N–H and O–H groups in total. The fourth-order valence-corrected chi connectivity index (χ4v) is 1.18. The van der Waals surface area contributed by atoms with Crippen LogP contribution in [0.1, 0.15) is 6.92 Å². The Morgan fingerprint density at radius 1 is 1.40 bits per heavy atom. The SMILES string of the molecule is C=C/C=C(\C=C/C)Nc1ccccc1O. The van der Waals surface area contributed by atoms with Gasteiger partial charge in [0.05, 0.1) is 5.69 Å². The summed E-state index contributed by atoms with van der Waals surface area (Å²) in [7, 11) is 0. The maximum absolute atomic E-state index is 9.56. The number of benzene rings is 1. The Morgan fingerprint density at radius 3 is 2.73 bits per heavy atom. The molecule has 0 aromatic heterocycles. The molecule has 0 aliphatic heterocycles. The van der Waals surface area contributed by atoms with Crippen LogP contribution in [0.25, 0.3) is 0 Å². The van der Waals surface area contributed by atoms with Crippen molar-refractivity contribution in [3.8, 4) is 5.75 Å². The number of nitrogens with one attached hydrogen (secondary N) is 1. The Kier molecular flexibility index (Phi) is 4.23. The van der Waals surface area contributed by atoms with E-state index in [9.17, 15) is 5.11 Å². The van der Waals surface area contributed by atoms with Gasteiger partial charge in [0.2, 0.25) is 0 Å². The number of anilines is 1. The maximum atomic E-state index is 9.56. The van der Waals surface area contributed by atoms with Crippen LogP contribution in [0.5, 0.6) is 5.75 Å². The van der Waals surface area contributed by atoms with Gasteiger partial charge in [0.15, 0.2) is 0 Å². The van der Waals surface area contributed by atoms with Crippen molar-refractivity contribution in [2.75, 3.05) is 5.32 Å². The first-order chi connectivity index (χ1) is 7.27. The van der Waals surface area contributed by atoms with Gasteiger partial charge in [0, 0.05) is 5.70 Å². The topological polar surface area (TPSA) is 32.3 Å². The molecule has 0 heterocycles. The molecule has 0 amide bonds. The number of phenolic OH excluding ortho intramolecular Hbond substituents is 1. The van der Waals surface area contributed by atoms with Crippen molar-refractivity contribution in [3.05, 3.63) is 60.8 Å². The molecule has 0 atom stereocenters. The summed E-state index contributed by atoms with van der Waals surface area (Å²) in [5.41, 5.74) is 1.57. The lowest BCUT2D eigenvalue weighted by molar-refractivity contribution is 0.477. The minimum Gasteiger partial charge on any atom is -0.506 e. The average molecular weight is 201 g/mol. The molecule has 2 nitrogen and oxygen atoms in total. The predicted octanol–water partition coefficient (Wildman–Crippen LogP) is 3.45. The van der Waals surface area contributed by atoms with Gasteiger partial charge >= 0.3 is 0 Å². The van der Waals surface area contributed by atoms with E-state index in [4.69, 9.17) is 0 Å². The molecule has 0 saturated heterocycles. The van der Waals surface area contributed by atoms with E-state index in [2.05, 4.69) is 11.9 Å². The number of rotatable bonds is 4. The van der Waals surface area contributed by atoms with Crippen LogP contribution in [0.4, 0.5) is 5.69 Å². The molecule has 78 valence electrons. The fourth-order valence-electron chi connectivity index (χ4n) is 1.18. The maximum Gasteiger partial charge on any atom is 0.139 e. The molecule has 1 aromatic rings. The zero-order chi connectivity index (χ0) is 11.1. The van der Waals surface area contributed by atoms with Gasteiger partial charge in [0.1, 0.15) is 5.75 Å². The highest BCUT2D eigenvalue weighted by Gasteiger charge is 1.98. The zero-order valence-corrected chi connectivity index (χ0v) is 8.77. The first kappa shape index (κ1) is 11.1. The van der Waals surface area contributed by atoms with Crippen LogP contribution in [0.2, 0.25) is 0 Å². The van der Waals surface area contributed by atoms with Gasteiger partial charge < -0.3 is 10.4 Å². The van der Waals surface area contributed by atoms with Crippen LogP contribution in [0, 0.1) is 0 Å². The van der Waals surface area contributed by atoms with Crippen LogP contribution in [-0.2, 0) is 0 Å². The van der Waals surface area contributed by atoms with Gasteiger partial charge in [0.25, 0.3) is 0 Å². The monoisotopic (exact) mass is 201 g/mol. The van der Waals surface area contributed by atoms with Crippen molar-refractivity contribution < 1.29 is 5.11 Å². The quantitative estimate of drug-likeness (QED) is 0.577. The Morgan fingerprint density at radius 2 is 2.13 bits per heavy atom. The number of para-hydroxylation sites is 2. The summed E-state index contributed by atoms with van der Waals surface area (Å²) in [4.78, 5) is 0. The van der Waals surface area contributed by atoms with Gasteiger partial charge in [-0.3, -0.25) is 0 Å². The molecule has 0 unspecified atom stereocenters. The third-order valence-electron chi connectivity index (χ3n) is 1.83. The molecule has 0 saturated carbocycles. The predicted molar refractivity (Wildman–Crippen MR) is 64.8 cm³/mol. The highest BCUT2D eigenvalue weighted by Crippen LogP contribution is 2.23. The molecule has 0 fully saturated rings. The molecule has 1 aromatic carbocycles. The first-order valence-electron chi connectivity index (χ1n) is 4.78. The van der Waals surface area contributed by atoms with E-state index in [1.165, 1.54) is 0 Å². The lowest BCUT2D eigenvalue weighted by atomic mass is 10.2. The third-order valence-corrected chi connectivity index (χ3v) is 1.83. The van der Waals surface area contributed by atoms with Crippen LogP contribution >= 0.6 is 0 Å². The minimum absolute atomic E-state index is 0.233. The molecule has 15 heavy (non-hydrogen) atoms. The Balaban J connectivity index is 2.88. The fraction of sp³-hybridized carbons (Fsp3) is 0.0769. The lowest BCUT2D eigenvalue weighted by Crippen LogP contribution is -1.96. The van der Waals surface area contributed by atoms with Gasteiger partial charge in [-0.25, -0.2) is 0 Å². The summed E-state index contributed by atoms with van der Waals surface area (Å²) < 4.78 is 0. The molecule has 0 spiro atoms. The van der Waals surface area contributed by atoms with Crippen molar-refractivity contribution in [1.29, 1.82) is 0 Å². The highest BCUT2D eigenvalue weighted by molar-refractivity contribution is 5.60. The van der Waals surface area contributed by atoms with Gasteiger partial charge in [-0.1, -0.05) is 30.9 Å². The van der Waals surface area contributed by atoms with E-state index < -0.39 is 0 Å². The van der Waals surface area contributed by atoms with Crippen LogP contribution in [0.3, 0.4) is 0 Å². The van der Waals surface area contributed by atoms with Crippen molar-refractivity contribution >= 4 is 5.69 Å². The second-order valence-corrected chi connectivity index (χ2v) is 3.00. The van der Waals surface area contributed by atoms with E-state index >= 15 is 0 Å². The number of aromatic hydroxyl groups is 1. The normalized spacial score (nSPS) is 11.7. The van der Waals surface area contributed by atoms with E-state index in [-0.39, 0.29) is 5.75 Å². The molecular formula is C13H15NO. The second kappa shape index (κ2) is 5.70. The number of allylic oxidation sites excluding steroid dienone is 4. The number of phenols is 1. The molecular weight excluding hydrogens is 186 g/mol. The van der Waals surface area contributed by atoms with Crippen molar-refractivity contribution in [3.63, 3.8) is 0 Å². The lowest BCUT2D eigenvalue weighted by Gasteiger charge is -2.08. The highest BCUT2D eigenvalue weighted by atomic mass is 16.3. The van der Waals surface area contributed by atoms with Crippen molar-refractivity contribution in [2.45, 2.75) is 6.92 Å². The Hall–Kier alpha value is -1.96. The van der Waals surface area contributed by atoms with Gasteiger partial charge in [-0.05, 0) is 31.2 Å². The summed E-state index contributed by atoms with van der Waals surface area (Å²) in [6.07, 6.45) is 7.37. The minimum atomic E-state index is 0.233. The summed E-state index contributed by atoms with van der Waals surface area (Å²) in [6, 6.07) is 7.11. The molecule has 0 radical (unpaired) electrons. The Bertz CT molecular complexity index is 391. The van der Waals surface area contributed by atoms with Crippen LogP contribution < -0.4 is 5.32 Å². The van der Waals surface area contributed by atoms with E-state index in [0.717, 1.165) is 5.70 Å². The average Bonchev–Trinajstić information content (AvgIpc) is 2.22. The second-order valence-electron chi connectivity index (χ2n) is 3.00. The van der Waals surface area contributed by atoms with Gasteiger partial charge in [-0.2, -0.15) is 0 Å². The molecule has 2 heteroatoms. The summed E-state index contributed by atoms with van der Waals surface area (Å²) in [5, 5.41) is 12.7. The van der Waals surface area contributed by atoms with E-state index in [1.54, 1.807) is 18.2 Å². The van der Waals surface area contributed by atoms with Crippen LogP contribution in [0.15, 0.2) is 60.8 Å². The van der Waals surface area contributed by atoms with E-state index in [0.29, 0.717) is 5.69 Å². The summed E-state index contributed by atoms with van der Waals surface area (Å²) in [6.45, 7) is 5.57. The molecule has 0 aliphatic carbocycles. The largest absolute Gasteiger partial charge is 0.506 e.